The Kier molecular flexibility index (Phi) is 12.7. The molecule has 40 heavy (non-hydrogen) atoms. The van der Waals surface area contributed by atoms with Crippen molar-refractivity contribution >= 4 is 11.9 Å². The highest BCUT2D eigenvalue weighted by Crippen LogP contribution is 2.34. The lowest BCUT2D eigenvalue weighted by Crippen LogP contribution is -2.58. The van der Waals surface area contributed by atoms with Crippen LogP contribution >= 0.6 is 0 Å². The summed E-state index contributed by atoms with van der Waals surface area (Å²) in [4.78, 5) is 23.7. The van der Waals surface area contributed by atoms with Crippen molar-refractivity contribution in [3.63, 3.8) is 0 Å². The monoisotopic (exact) mass is 553 g/mol. The van der Waals surface area contributed by atoms with E-state index in [1.54, 1.807) is 13.1 Å². The minimum atomic E-state index is -0.770. The lowest BCUT2D eigenvalue weighted by Gasteiger charge is -2.45. The van der Waals surface area contributed by atoms with Crippen LogP contribution in [0.2, 0.25) is 0 Å². The smallest absolute Gasteiger partial charge is 0.302 e. The first kappa shape index (κ1) is 31.3. The standard InChI is InChI=1S/C32H43NO7/c1-6-9-18-36-29-27(8-3)30(37-19-10-7-2)32(40-28(29)21-38-22(4)34)39-26-16-14-23(15-17-26)24-12-11-13-25(20-24)31(35)33-5/h8,11-17,20,27-30,32H,3,6-7,9-10,18-19,21H2,1-2,4-5H3,(H,33,35)/t27-,28+,29-,30-,32-/m0/s1. The van der Waals surface area contributed by atoms with Crippen LogP contribution in [0.1, 0.15) is 56.8 Å². The summed E-state index contributed by atoms with van der Waals surface area (Å²) in [6.45, 7) is 10.8. The van der Waals surface area contributed by atoms with E-state index in [4.69, 9.17) is 23.7 Å². The van der Waals surface area contributed by atoms with Crippen molar-refractivity contribution in [2.24, 2.45) is 5.92 Å². The lowest BCUT2D eigenvalue weighted by molar-refractivity contribution is -0.275. The number of amides is 1. The molecule has 2 aromatic rings. The van der Waals surface area contributed by atoms with Crippen LogP contribution in [0.25, 0.3) is 11.1 Å². The van der Waals surface area contributed by atoms with Gasteiger partial charge in [-0.15, -0.1) is 6.58 Å². The maximum Gasteiger partial charge on any atom is 0.302 e. The van der Waals surface area contributed by atoms with Crippen molar-refractivity contribution in [2.45, 2.75) is 71.1 Å². The van der Waals surface area contributed by atoms with Gasteiger partial charge in [-0.3, -0.25) is 9.59 Å². The SMILES string of the molecule is C=C[C@@H]1[C@H](OCCCC)[C@@H](Oc2ccc(-c3cccc(C(=O)NC)c3)cc2)O[C@H](COC(C)=O)[C@H]1OCCCC. The molecular weight excluding hydrogens is 510 g/mol. The highest BCUT2D eigenvalue weighted by atomic mass is 16.7. The van der Waals surface area contributed by atoms with Gasteiger partial charge >= 0.3 is 5.97 Å². The summed E-state index contributed by atoms with van der Waals surface area (Å²) in [6, 6.07) is 15.0. The van der Waals surface area contributed by atoms with Gasteiger partial charge in [0.05, 0.1) is 6.10 Å². The molecule has 0 saturated carbocycles. The lowest BCUT2D eigenvalue weighted by atomic mass is 9.88. The van der Waals surface area contributed by atoms with E-state index < -0.39 is 24.6 Å². The third-order valence-corrected chi connectivity index (χ3v) is 6.83. The fourth-order valence-corrected chi connectivity index (χ4v) is 4.62. The number of ether oxygens (including phenoxy) is 5. The first-order chi connectivity index (χ1) is 19.4. The molecule has 0 bridgehead atoms. The molecular formula is C32H43NO7. The Hall–Kier alpha value is -3.20. The van der Waals surface area contributed by atoms with Gasteiger partial charge in [-0.1, -0.05) is 57.0 Å². The molecule has 8 heteroatoms. The van der Waals surface area contributed by atoms with E-state index in [-0.39, 0.29) is 24.4 Å². The Morgan fingerprint density at radius 3 is 2.25 bits per heavy atom. The van der Waals surface area contributed by atoms with Crippen LogP contribution in [0.3, 0.4) is 0 Å². The number of carbonyl (C=O) groups excluding carboxylic acids is 2. The molecule has 5 atom stereocenters. The van der Waals surface area contributed by atoms with Gasteiger partial charge in [0.15, 0.2) is 0 Å². The first-order valence-electron chi connectivity index (χ1n) is 14.2. The van der Waals surface area contributed by atoms with Crippen molar-refractivity contribution in [1.29, 1.82) is 0 Å². The van der Waals surface area contributed by atoms with Crippen LogP contribution in [0.15, 0.2) is 61.2 Å². The van der Waals surface area contributed by atoms with E-state index in [2.05, 4.69) is 25.7 Å². The molecule has 0 aromatic heterocycles. The van der Waals surface area contributed by atoms with Gasteiger partial charge in [-0.2, -0.15) is 0 Å². The van der Waals surface area contributed by atoms with E-state index in [9.17, 15) is 9.59 Å². The molecule has 1 aliphatic heterocycles. The summed E-state index contributed by atoms with van der Waals surface area (Å²) in [6.07, 6.45) is 3.44. The maximum absolute atomic E-state index is 12.1. The van der Waals surface area contributed by atoms with Crippen molar-refractivity contribution in [3.8, 4) is 16.9 Å². The molecule has 1 heterocycles. The summed E-state index contributed by atoms with van der Waals surface area (Å²) >= 11 is 0. The molecule has 1 fully saturated rings. The second-order valence-electron chi connectivity index (χ2n) is 9.84. The van der Waals surface area contributed by atoms with Gasteiger partial charge in [0.1, 0.15) is 24.6 Å². The van der Waals surface area contributed by atoms with Crippen LogP contribution in [-0.4, -0.2) is 63.3 Å². The second-order valence-corrected chi connectivity index (χ2v) is 9.84. The van der Waals surface area contributed by atoms with E-state index in [1.807, 2.05) is 48.5 Å². The predicted octanol–water partition coefficient (Wildman–Crippen LogP) is 5.55. The zero-order valence-corrected chi connectivity index (χ0v) is 24.1. The van der Waals surface area contributed by atoms with Crippen LogP contribution in [0.5, 0.6) is 5.75 Å². The predicted molar refractivity (Wildman–Crippen MR) is 154 cm³/mol. The zero-order valence-electron chi connectivity index (χ0n) is 24.1. The molecule has 0 radical (unpaired) electrons. The number of benzene rings is 2. The molecule has 218 valence electrons. The molecule has 0 aliphatic carbocycles. The van der Waals surface area contributed by atoms with Crippen LogP contribution < -0.4 is 10.1 Å². The third-order valence-electron chi connectivity index (χ3n) is 6.83. The molecule has 0 spiro atoms. The largest absolute Gasteiger partial charge is 0.463 e. The van der Waals surface area contributed by atoms with Gasteiger partial charge in [0.2, 0.25) is 6.29 Å². The van der Waals surface area contributed by atoms with Crippen LogP contribution in [0, 0.1) is 5.92 Å². The van der Waals surface area contributed by atoms with Gasteiger partial charge in [0, 0.05) is 38.7 Å². The highest BCUT2D eigenvalue weighted by molar-refractivity contribution is 5.95. The van der Waals surface area contributed by atoms with Gasteiger partial charge in [0.25, 0.3) is 5.91 Å². The van der Waals surface area contributed by atoms with E-state index in [1.165, 1.54) is 6.92 Å². The molecule has 1 amide bonds. The quantitative estimate of drug-likeness (QED) is 0.176. The molecule has 1 N–H and O–H groups in total. The minimum Gasteiger partial charge on any atom is -0.463 e. The fraction of sp³-hybridized carbons (Fsp3) is 0.500. The van der Waals surface area contributed by atoms with Crippen molar-refractivity contribution in [3.05, 3.63) is 66.7 Å². The average Bonchev–Trinajstić information content (AvgIpc) is 2.97. The average molecular weight is 554 g/mol. The number of nitrogens with one attached hydrogen (secondary N) is 1. The number of hydrogen-bond acceptors (Lipinski definition) is 7. The number of carbonyl (C=O) groups is 2. The summed E-state index contributed by atoms with van der Waals surface area (Å²) in [5, 5.41) is 2.65. The Labute approximate surface area is 238 Å². The third kappa shape index (κ3) is 8.65. The van der Waals surface area contributed by atoms with Crippen molar-refractivity contribution in [1.82, 2.24) is 5.32 Å². The molecule has 2 aromatic carbocycles. The van der Waals surface area contributed by atoms with Crippen LogP contribution in [0.4, 0.5) is 0 Å². The number of rotatable bonds is 15. The zero-order chi connectivity index (χ0) is 28.9. The maximum atomic E-state index is 12.1. The molecule has 8 nitrogen and oxygen atoms in total. The van der Waals surface area contributed by atoms with Crippen molar-refractivity contribution < 1.29 is 33.3 Å². The summed E-state index contributed by atoms with van der Waals surface area (Å²) in [5.74, 6) is -0.164. The Morgan fingerprint density at radius 1 is 0.975 bits per heavy atom. The van der Waals surface area contributed by atoms with E-state index >= 15 is 0 Å². The Balaban J connectivity index is 1.84. The molecule has 1 saturated heterocycles. The van der Waals surface area contributed by atoms with E-state index in [0.717, 1.165) is 36.8 Å². The number of hydrogen-bond donors (Lipinski definition) is 1. The highest BCUT2D eigenvalue weighted by Gasteiger charge is 2.47. The summed E-state index contributed by atoms with van der Waals surface area (Å²) in [5.41, 5.74) is 2.45. The van der Waals surface area contributed by atoms with Gasteiger partial charge < -0.3 is 29.0 Å². The second kappa shape index (κ2) is 16.2. The molecule has 3 rings (SSSR count). The molecule has 0 unspecified atom stereocenters. The topological polar surface area (TPSA) is 92.3 Å². The Bertz CT molecular complexity index is 1090. The Morgan fingerprint density at radius 2 is 1.65 bits per heavy atom. The van der Waals surface area contributed by atoms with Gasteiger partial charge in [-0.25, -0.2) is 0 Å². The summed E-state index contributed by atoms with van der Waals surface area (Å²) in [7, 11) is 1.61. The van der Waals surface area contributed by atoms with Crippen LogP contribution in [-0.2, 0) is 23.7 Å². The number of unbranched alkanes of at least 4 members (excludes halogenated alkanes) is 2. The first-order valence-corrected chi connectivity index (χ1v) is 14.2. The number of esters is 1. The molecule has 1 aliphatic rings. The van der Waals surface area contributed by atoms with Gasteiger partial charge in [-0.05, 0) is 48.2 Å². The normalized spacial score (nSPS) is 22.4. The summed E-state index contributed by atoms with van der Waals surface area (Å²) < 4.78 is 30.7. The minimum absolute atomic E-state index is 0.0403. The van der Waals surface area contributed by atoms with E-state index in [0.29, 0.717) is 24.5 Å². The fourth-order valence-electron chi connectivity index (χ4n) is 4.62. The van der Waals surface area contributed by atoms with Crippen molar-refractivity contribution in [2.75, 3.05) is 26.9 Å².